The molecule has 0 amide bonds. The Morgan fingerprint density at radius 3 is 2.57 bits per heavy atom. The van der Waals surface area contributed by atoms with E-state index < -0.39 is 12.1 Å². The fraction of sp³-hybridized carbons (Fsp3) is 0.222. The summed E-state index contributed by atoms with van der Waals surface area (Å²) in [4.78, 5) is 10.5. The van der Waals surface area contributed by atoms with Crippen molar-refractivity contribution in [3.63, 3.8) is 0 Å². The highest BCUT2D eigenvalue weighted by atomic mass is 127. The number of hydrogen-bond acceptors (Lipinski definition) is 2. The number of quaternary nitrogens is 1. The van der Waals surface area contributed by atoms with Gasteiger partial charge in [-0.3, -0.25) is 0 Å². The molecule has 0 aliphatic carbocycles. The van der Waals surface area contributed by atoms with E-state index in [-0.39, 0.29) is 6.15 Å². The van der Waals surface area contributed by atoms with Crippen molar-refractivity contribution in [1.29, 1.82) is 0 Å². The Hall–Kier alpha value is -0.820. The fourth-order valence-electron chi connectivity index (χ4n) is 0.781. The highest BCUT2D eigenvalue weighted by Crippen LogP contribution is 2.20. The van der Waals surface area contributed by atoms with Crippen LogP contribution in [0.4, 0.5) is 0 Å². The van der Waals surface area contributed by atoms with E-state index in [4.69, 9.17) is 9.84 Å². The number of carbonyl (C=O) groups is 1. The number of carboxylic acids is 1. The molecule has 1 aromatic rings. The molecule has 0 heterocycles. The van der Waals surface area contributed by atoms with E-state index in [9.17, 15) is 4.79 Å². The normalized spacial score (nSPS) is 11.3. The Balaban J connectivity index is 0.00000169. The summed E-state index contributed by atoms with van der Waals surface area (Å²) in [5, 5.41) is 8.61. The first kappa shape index (κ1) is 13.2. The number of carboxylic acid groups (broad SMARTS) is 1. The molecule has 78 valence electrons. The second kappa shape index (κ2) is 5.82. The Bertz CT molecular complexity index is 317. The third kappa shape index (κ3) is 3.51. The van der Waals surface area contributed by atoms with E-state index >= 15 is 0 Å². The lowest BCUT2D eigenvalue weighted by Gasteiger charge is -2.11. The standard InChI is InChI=1S/C9H9IO3.H3N/c1-6(9(11)12)13-8-5-3-2-4-7(8)10;/h2-6H,1H3,(H,11,12);1H3/p+1/t6-;/m0./s1. The summed E-state index contributed by atoms with van der Waals surface area (Å²) in [7, 11) is 0. The van der Waals surface area contributed by atoms with E-state index in [0.29, 0.717) is 5.75 Å². The number of aliphatic carboxylic acids is 1. The van der Waals surface area contributed by atoms with E-state index in [2.05, 4.69) is 22.6 Å². The smallest absolute Gasteiger partial charge is 0.344 e. The van der Waals surface area contributed by atoms with E-state index in [1.54, 1.807) is 6.07 Å². The zero-order chi connectivity index (χ0) is 9.84. The van der Waals surface area contributed by atoms with Crippen molar-refractivity contribution in [1.82, 2.24) is 6.15 Å². The quantitative estimate of drug-likeness (QED) is 0.842. The minimum atomic E-state index is -0.959. The highest BCUT2D eigenvalue weighted by Gasteiger charge is 2.13. The van der Waals surface area contributed by atoms with Gasteiger partial charge in [-0.1, -0.05) is 12.1 Å². The van der Waals surface area contributed by atoms with Crippen LogP contribution >= 0.6 is 22.6 Å². The molecule has 4 nitrogen and oxygen atoms in total. The molecule has 0 saturated carbocycles. The minimum absolute atomic E-state index is 0. The summed E-state index contributed by atoms with van der Waals surface area (Å²) in [6, 6.07) is 7.30. The van der Waals surface area contributed by atoms with Crippen LogP contribution < -0.4 is 10.9 Å². The SMILES string of the molecule is C[C@H](Oc1ccccc1I)C(=O)O.[NH4+]. The Labute approximate surface area is 96.0 Å². The molecule has 0 spiro atoms. The van der Waals surface area contributed by atoms with Gasteiger partial charge in [-0.15, -0.1) is 0 Å². The van der Waals surface area contributed by atoms with Gasteiger partial charge in [-0.05, 0) is 41.6 Å². The zero-order valence-electron chi connectivity index (χ0n) is 8.03. The highest BCUT2D eigenvalue weighted by molar-refractivity contribution is 14.1. The lowest BCUT2D eigenvalue weighted by molar-refractivity contribution is -0.144. The van der Waals surface area contributed by atoms with Gasteiger partial charge in [-0.2, -0.15) is 0 Å². The first-order chi connectivity index (χ1) is 6.11. The average molecular weight is 310 g/mol. The molecule has 5 N–H and O–H groups in total. The van der Waals surface area contributed by atoms with Crippen LogP contribution in [-0.4, -0.2) is 17.2 Å². The molecule has 1 rings (SSSR count). The van der Waals surface area contributed by atoms with Gasteiger partial charge in [-0.25, -0.2) is 4.79 Å². The van der Waals surface area contributed by atoms with E-state index in [0.717, 1.165) is 3.57 Å². The van der Waals surface area contributed by atoms with E-state index in [1.165, 1.54) is 6.92 Å². The Morgan fingerprint density at radius 1 is 1.50 bits per heavy atom. The van der Waals surface area contributed by atoms with Gasteiger partial charge < -0.3 is 16.0 Å². The predicted octanol–water partition coefficient (Wildman–Crippen LogP) is 2.52. The largest absolute Gasteiger partial charge is 0.479 e. The predicted molar refractivity (Wildman–Crippen MR) is 62.9 cm³/mol. The molecule has 0 saturated heterocycles. The summed E-state index contributed by atoms with van der Waals surface area (Å²) in [5.74, 6) is -0.349. The van der Waals surface area contributed by atoms with Crippen LogP contribution in [0.3, 0.4) is 0 Å². The van der Waals surface area contributed by atoms with Crippen molar-refractivity contribution in [2.45, 2.75) is 13.0 Å². The molecular weight excluding hydrogens is 297 g/mol. The maximum atomic E-state index is 10.5. The molecule has 0 aliphatic rings. The number of hydrogen-bond donors (Lipinski definition) is 2. The lowest BCUT2D eigenvalue weighted by Crippen LogP contribution is -2.23. The number of rotatable bonds is 3. The van der Waals surface area contributed by atoms with Gasteiger partial charge >= 0.3 is 5.97 Å². The maximum absolute atomic E-state index is 10.5. The summed E-state index contributed by atoms with van der Waals surface area (Å²) in [6.45, 7) is 1.51. The molecule has 0 aromatic heterocycles. The summed E-state index contributed by atoms with van der Waals surface area (Å²) in [5.41, 5.74) is 0. The molecule has 0 radical (unpaired) electrons. The van der Waals surface area contributed by atoms with Crippen LogP contribution in [0.2, 0.25) is 0 Å². The molecule has 0 fully saturated rings. The second-order valence-corrected chi connectivity index (χ2v) is 3.69. The van der Waals surface area contributed by atoms with Crippen LogP contribution in [0.15, 0.2) is 24.3 Å². The van der Waals surface area contributed by atoms with Crippen molar-refractivity contribution in [3.8, 4) is 5.75 Å². The molecule has 0 aliphatic heterocycles. The van der Waals surface area contributed by atoms with Gasteiger partial charge in [0.25, 0.3) is 0 Å². The third-order valence-corrected chi connectivity index (χ3v) is 2.38. The summed E-state index contributed by atoms with van der Waals surface area (Å²) >= 11 is 2.10. The number of benzene rings is 1. The number of halogens is 1. The second-order valence-electron chi connectivity index (χ2n) is 2.53. The molecule has 1 aromatic carbocycles. The van der Waals surface area contributed by atoms with Crippen LogP contribution in [-0.2, 0) is 4.79 Å². The van der Waals surface area contributed by atoms with Crippen LogP contribution in [0.25, 0.3) is 0 Å². The van der Waals surface area contributed by atoms with Gasteiger partial charge in [0, 0.05) is 0 Å². The average Bonchev–Trinajstić information content (AvgIpc) is 2.08. The van der Waals surface area contributed by atoms with Crippen LogP contribution in [0.5, 0.6) is 5.75 Å². The van der Waals surface area contributed by atoms with Crippen molar-refractivity contribution in [2.24, 2.45) is 0 Å². The molecule has 0 bridgehead atoms. The fourth-order valence-corrected chi connectivity index (χ4v) is 1.30. The van der Waals surface area contributed by atoms with Crippen molar-refractivity contribution >= 4 is 28.6 Å². The Kier molecular flexibility index (Phi) is 5.47. The molecule has 1 atom stereocenters. The summed E-state index contributed by atoms with van der Waals surface area (Å²) in [6.07, 6.45) is -0.809. The number of ether oxygens (including phenoxy) is 1. The Morgan fingerprint density at radius 2 is 2.07 bits per heavy atom. The topological polar surface area (TPSA) is 83.0 Å². The zero-order valence-corrected chi connectivity index (χ0v) is 10.2. The third-order valence-electron chi connectivity index (χ3n) is 1.49. The van der Waals surface area contributed by atoms with Crippen molar-refractivity contribution < 1.29 is 14.6 Å². The minimum Gasteiger partial charge on any atom is -0.479 e. The van der Waals surface area contributed by atoms with Crippen LogP contribution in [0.1, 0.15) is 6.92 Å². The molecule has 0 unspecified atom stereocenters. The first-order valence-electron chi connectivity index (χ1n) is 3.75. The van der Waals surface area contributed by atoms with Gasteiger partial charge in [0.1, 0.15) is 5.75 Å². The van der Waals surface area contributed by atoms with Crippen molar-refractivity contribution in [3.05, 3.63) is 27.8 Å². The monoisotopic (exact) mass is 310 g/mol. The van der Waals surface area contributed by atoms with Crippen molar-refractivity contribution in [2.75, 3.05) is 0 Å². The van der Waals surface area contributed by atoms with Gasteiger partial charge in [0.15, 0.2) is 6.10 Å². The molecule has 14 heavy (non-hydrogen) atoms. The lowest BCUT2D eigenvalue weighted by atomic mass is 10.3. The van der Waals surface area contributed by atoms with Gasteiger partial charge in [0.2, 0.25) is 0 Å². The first-order valence-corrected chi connectivity index (χ1v) is 4.83. The molecular formula is C9H13INO3+. The molecule has 5 heteroatoms. The summed E-state index contributed by atoms with van der Waals surface area (Å²) < 4.78 is 6.11. The van der Waals surface area contributed by atoms with E-state index in [1.807, 2.05) is 18.2 Å². The van der Waals surface area contributed by atoms with Crippen LogP contribution in [0, 0.1) is 3.57 Å². The number of para-hydroxylation sites is 1. The van der Waals surface area contributed by atoms with Gasteiger partial charge in [0.05, 0.1) is 3.57 Å². The maximum Gasteiger partial charge on any atom is 0.344 e.